The SMILES string of the molecule is CC1=C(C)N(Cc2ccccn2)C(n2cnn(CC3CC3(F)F)c2=O)S1. The maximum absolute atomic E-state index is 13.2. The predicted octanol–water partition coefficient (Wildman–Crippen LogP) is 3.05. The molecular formula is C17H19F2N5OS. The third-order valence-electron chi connectivity index (χ3n) is 4.89. The van der Waals surface area contributed by atoms with Gasteiger partial charge in [0.1, 0.15) is 6.33 Å². The van der Waals surface area contributed by atoms with Crippen molar-refractivity contribution in [2.45, 2.75) is 44.8 Å². The summed E-state index contributed by atoms with van der Waals surface area (Å²) in [5.41, 5.74) is 1.31. The Morgan fingerprint density at radius 2 is 2.12 bits per heavy atom. The van der Waals surface area contributed by atoms with Crippen LogP contribution in [-0.4, -0.2) is 30.2 Å². The fourth-order valence-corrected chi connectivity index (χ4v) is 4.27. The molecule has 1 aliphatic carbocycles. The molecule has 0 spiro atoms. The summed E-state index contributed by atoms with van der Waals surface area (Å²) in [5.74, 6) is -3.45. The van der Waals surface area contributed by atoms with Crippen LogP contribution in [0.4, 0.5) is 8.78 Å². The monoisotopic (exact) mass is 379 g/mol. The van der Waals surface area contributed by atoms with Crippen molar-refractivity contribution in [2.24, 2.45) is 5.92 Å². The van der Waals surface area contributed by atoms with Gasteiger partial charge < -0.3 is 4.90 Å². The van der Waals surface area contributed by atoms with Crippen molar-refractivity contribution in [3.63, 3.8) is 0 Å². The minimum atomic E-state index is -2.66. The molecule has 26 heavy (non-hydrogen) atoms. The van der Waals surface area contributed by atoms with Gasteiger partial charge in [0.2, 0.25) is 0 Å². The lowest BCUT2D eigenvalue weighted by Crippen LogP contribution is -2.34. The molecule has 0 amide bonds. The van der Waals surface area contributed by atoms with Gasteiger partial charge in [0.15, 0.2) is 5.50 Å². The van der Waals surface area contributed by atoms with Gasteiger partial charge >= 0.3 is 5.69 Å². The standard InChI is InChI=1S/C17H19F2N5OS/c1-11-12(2)26-16(22(11)9-14-5-3-4-6-20-14)23-10-21-24(15(23)25)8-13-7-17(13,18)19/h3-6,10,13,16H,7-9H2,1-2H3. The maximum Gasteiger partial charge on any atom is 0.348 e. The molecule has 1 saturated carbocycles. The smallest absolute Gasteiger partial charge is 0.339 e. The van der Waals surface area contributed by atoms with E-state index in [2.05, 4.69) is 15.0 Å². The Labute approximate surface area is 153 Å². The van der Waals surface area contributed by atoms with Crippen LogP contribution < -0.4 is 5.69 Å². The second kappa shape index (κ2) is 6.22. The molecule has 0 N–H and O–H groups in total. The molecule has 0 radical (unpaired) electrons. The zero-order valence-electron chi connectivity index (χ0n) is 14.5. The van der Waals surface area contributed by atoms with Crippen LogP contribution in [0.5, 0.6) is 0 Å². The maximum atomic E-state index is 13.2. The normalized spacial score (nSPS) is 24.4. The fraction of sp³-hybridized carbons (Fsp3) is 0.471. The summed E-state index contributed by atoms with van der Waals surface area (Å²) < 4.78 is 29.0. The predicted molar refractivity (Wildman–Crippen MR) is 94.3 cm³/mol. The van der Waals surface area contributed by atoms with Gasteiger partial charge in [0.05, 0.1) is 18.8 Å². The van der Waals surface area contributed by atoms with Gasteiger partial charge in [-0.05, 0) is 26.0 Å². The lowest BCUT2D eigenvalue weighted by atomic mass is 10.3. The molecule has 2 aliphatic rings. The lowest BCUT2D eigenvalue weighted by molar-refractivity contribution is 0.0938. The molecule has 9 heteroatoms. The first kappa shape index (κ1) is 17.3. The number of nitrogens with zero attached hydrogens (tertiary/aromatic N) is 5. The average Bonchev–Trinajstić information content (AvgIpc) is 2.90. The Balaban J connectivity index is 1.58. The van der Waals surface area contributed by atoms with Crippen LogP contribution in [-0.2, 0) is 13.1 Å². The van der Waals surface area contributed by atoms with E-state index in [1.54, 1.807) is 18.0 Å². The van der Waals surface area contributed by atoms with Crippen LogP contribution in [0.3, 0.4) is 0 Å². The highest BCUT2D eigenvalue weighted by Crippen LogP contribution is 2.49. The number of allylic oxidation sites excluding steroid dienone is 2. The van der Waals surface area contributed by atoms with Gasteiger partial charge in [-0.2, -0.15) is 5.10 Å². The first-order valence-electron chi connectivity index (χ1n) is 8.39. The Hall–Kier alpha value is -2.16. The Bertz CT molecular complexity index is 907. The molecule has 0 bridgehead atoms. The number of hydrogen-bond donors (Lipinski definition) is 0. The van der Waals surface area contributed by atoms with E-state index in [-0.39, 0.29) is 24.2 Å². The molecule has 2 unspecified atom stereocenters. The van der Waals surface area contributed by atoms with E-state index in [9.17, 15) is 13.6 Å². The van der Waals surface area contributed by atoms with E-state index in [4.69, 9.17) is 0 Å². The quantitative estimate of drug-likeness (QED) is 0.799. The van der Waals surface area contributed by atoms with E-state index >= 15 is 0 Å². The van der Waals surface area contributed by atoms with Crippen molar-refractivity contribution in [3.8, 4) is 0 Å². The van der Waals surface area contributed by atoms with E-state index in [1.165, 1.54) is 10.9 Å². The van der Waals surface area contributed by atoms with E-state index in [0.717, 1.165) is 21.0 Å². The number of aromatic nitrogens is 4. The van der Waals surface area contributed by atoms with Gasteiger partial charge in [0, 0.05) is 29.1 Å². The van der Waals surface area contributed by atoms with Crippen LogP contribution in [0.25, 0.3) is 0 Å². The molecule has 4 rings (SSSR count). The van der Waals surface area contributed by atoms with Crippen LogP contribution in [0.2, 0.25) is 0 Å². The van der Waals surface area contributed by atoms with E-state index in [0.29, 0.717) is 6.54 Å². The van der Waals surface area contributed by atoms with Crippen LogP contribution >= 0.6 is 11.8 Å². The largest absolute Gasteiger partial charge is 0.348 e. The highest BCUT2D eigenvalue weighted by molar-refractivity contribution is 8.03. The zero-order valence-corrected chi connectivity index (χ0v) is 15.3. The van der Waals surface area contributed by atoms with Crippen molar-refractivity contribution < 1.29 is 8.78 Å². The molecule has 0 saturated heterocycles. The third kappa shape index (κ3) is 3.04. The van der Waals surface area contributed by atoms with E-state index < -0.39 is 11.8 Å². The summed E-state index contributed by atoms with van der Waals surface area (Å²) in [6, 6.07) is 5.71. The van der Waals surface area contributed by atoms with Gasteiger partial charge in [0.25, 0.3) is 5.92 Å². The topological polar surface area (TPSA) is 56.0 Å². The first-order chi connectivity index (χ1) is 12.4. The summed E-state index contributed by atoms with van der Waals surface area (Å²) in [6.45, 7) is 4.53. The van der Waals surface area contributed by atoms with Gasteiger partial charge in [-0.3, -0.25) is 9.55 Å². The van der Waals surface area contributed by atoms with Crippen molar-refractivity contribution in [3.05, 3.63) is 57.5 Å². The Kier molecular flexibility index (Phi) is 4.13. The van der Waals surface area contributed by atoms with Crippen LogP contribution in [0.1, 0.15) is 31.5 Å². The molecule has 0 aromatic carbocycles. The summed E-state index contributed by atoms with van der Waals surface area (Å²) in [5, 5.41) is 4.06. The molecule has 3 heterocycles. The number of alkyl halides is 2. The number of halogens is 2. The second-order valence-electron chi connectivity index (χ2n) is 6.70. The van der Waals surface area contributed by atoms with Crippen LogP contribution in [0, 0.1) is 5.92 Å². The Morgan fingerprint density at radius 3 is 2.77 bits per heavy atom. The minimum absolute atomic E-state index is 0.0398. The highest BCUT2D eigenvalue weighted by Gasteiger charge is 2.57. The van der Waals surface area contributed by atoms with Gasteiger partial charge in [-0.15, -0.1) is 0 Å². The summed E-state index contributed by atoms with van der Waals surface area (Å²) >= 11 is 1.56. The fourth-order valence-electron chi connectivity index (χ4n) is 3.05. The Morgan fingerprint density at radius 1 is 1.35 bits per heavy atom. The second-order valence-corrected chi connectivity index (χ2v) is 7.97. The molecule has 1 aliphatic heterocycles. The van der Waals surface area contributed by atoms with Crippen molar-refractivity contribution >= 4 is 11.8 Å². The number of hydrogen-bond acceptors (Lipinski definition) is 5. The molecule has 6 nitrogen and oxygen atoms in total. The molecular weight excluding hydrogens is 360 g/mol. The number of thioether (sulfide) groups is 1. The molecule has 2 aromatic heterocycles. The summed E-state index contributed by atoms with van der Waals surface area (Å²) in [4.78, 5) is 20.2. The van der Waals surface area contributed by atoms with Crippen molar-refractivity contribution in [2.75, 3.05) is 0 Å². The lowest BCUT2D eigenvalue weighted by Gasteiger charge is -2.27. The average molecular weight is 379 g/mol. The molecule has 1 fully saturated rings. The zero-order chi connectivity index (χ0) is 18.5. The number of rotatable bonds is 5. The van der Waals surface area contributed by atoms with Crippen LogP contribution in [0.15, 0.2) is 46.1 Å². The van der Waals surface area contributed by atoms with Crippen molar-refractivity contribution in [1.29, 1.82) is 0 Å². The van der Waals surface area contributed by atoms with Crippen molar-refractivity contribution in [1.82, 2.24) is 24.2 Å². The highest BCUT2D eigenvalue weighted by atomic mass is 32.2. The van der Waals surface area contributed by atoms with Gasteiger partial charge in [-0.1, -0.05) is 17.8 Å². The molecule has 2 atom stereocenters. The van der Waals surface area contributed by atoms with Gasteiger partial charge in [-0.25, -0.2) is 18.3 Å². The summed E-state index contributed by atoms with van der Waals surface area (Å²) in [7, 11) is 0. The summed E-state index contributed by atoms with van der Waals surface area (Å²) in [6.07, 6.45) is 3.01. The first-order valence-corrected chi connectivity index (χ1v) is 9.27. The number of pyridine rings is 1. The molecule has 138 valence electrons. The minimum Gasteiger partial charge on any atom is -0.339 e. The third-order valence-corrected chi connectivity index (χ3v) is 6.23. The molecule has 2 aromatic rings. The van der Waals surface area contributed by atoms with E-state index in [1.807, 2.05) is 32.0 Å².